The molecule has 2 saturated heterocycles. The van der Waals surface area contributed by atoms with Crippen LogP contribution in [0.5, 0.6) is 0 Å². The maximum Gasteiger partial charge on any atom is 0.391 e. The van der Waals surface area contributed by atoms with Crippen molar-refractivity contribution in [1.82, 2.24) is 14.9 Å². The number of piperazine rings is 1. The van der Waals surface area contributed by atoms with Crippen LogP contribution >= 0.6 is 0 Å². The molecule has 0 unspecified atom stereocenters. The highest BCUT2D eigenvalue weighted by Crippen LogP contribution is 2.57. The van der Waals surface area contributed by atoms with E-state index in [1.54, 1.807) is 17.3 Å². The predicted octanol–water partition coefficient (Wildman–Crippen LogP) is 2.09. The topological polar surface area (TPSA) is 52.6 Å². The van der Waals surface area contributed by atoms with Crippen molar-refractivity contribution in [3.8, 4) is 0 Å². The Kier molecular flexibility index (Phi) is 4.27. The second-order valence-electron chi connectivity index (χ2n) is 7.72. The first-order chi connectivity index (χ1) is 12.8. The Morgan fingerprint density at radius 3 is 2.15 bits per heavy atom. The van der Waals surface area contributed by atoms with Crippen LogP contribution in [0, 0.1) is 11.3 Å². The number of alkyl halides is 3. The Morgan fingerprint density at radius 2 is 1.63 bits per heavy atom. The van der Waals surface area contributed by atoms with E-state index in [-0.39, 0.29) is 24.2 Å². The molecule has 0 atom stereocenters. The lowest BCUT2D eigenvalue weighted by Gasteiger charge is -2.59. The molecule has 0 radical (unpaired) electrons. The molecule has 1 saturated carbocycles. The van der Waals surface area contributed by atoms with Gasteiger partial charge >= 0.3 is 6.18 Å². The smallest absolute Gasteiger partial charge is 0.352 e. The maximum atomic E-state index is 12.8. The van der Waals surface area contributed by atoms with Crippen molar-refractivity contribution in [1.29, 1.82) is 0 Å². The van der Waals surface area contributed by atoms with Gasteiger partial charge in [0, 0.05) is 57.1 Å². The van der Waals surface area contributed by atoms with Gasteiger partial charge in [0.15, 0.2) is 11.6 Å². The third-order valence-corrected chi connectivity index (χ3v) is 5.90. The van der Waals surface area contributed by atoms with Crippen LogP contribution in [-0.4, -0.2) is 66.2 Å². The molecule has 4 rings (SSSR count). The first-order valence-corrected chi connectivity index (χ1v) is 9.10. The van der Waals surface area contributed by atoms with Gasteiger partial charge in [0.1, 0.15) is 0 Å². The number of carbonyl (C=O) groups is 1. The number of rotatable bonds is 3. The summed E-state index contributed by atoms with van der Waals surface area (Å²) in [5.41, 5.74) is -0.218. The predicted molar refractivity (Wildman–Crippen MR) is 94.4 cm³/mol. The van der Waals surface area contributed by atoms with E-state index in [0.717, 1.165) is 11.6 Å². The van der Waals surface area contributed by atoms with E-state index in [2.05, 4.69) is 21.4 Å². The maximum absolute atomic E-state index is 12.8. The quantitative estimate of drug-likeness (QED) is 0.751. The highest BCUT2D eigenvalue weighted by atomic mass is 19.4. The molecule has 146 valence electrons. The van der Waals surface area contributed by atoms with Gasteiger partial charge in [-0.05, 0) is 18.9 Å². The monoisotopic (exact) mass is 381 g/mol. The fraction of sp³-hybridized carbons (Fsp3) is 0.611. The molecular weight excluding hydrogens is 359 g/mol. The third-order valence-electron chi connectivity index (χ3n) is 5.90. The van der Waals surface area contributed by atoms with Gasteiger partial charge in [-0.15, -0.1) is 0 Å². The lowest BCUT2D eigenvalue weighted by Crippen LogP contribution is -2.64. The highest BCUT2D eigenvalue weighted by molar-refractivity contribution is 5.87. The second-order valence-corrected chi connectivity index (χ2v) is 7.72. The van der Waals surface area contributed by atoms with Crippen molar-refractivity contribution in [2.24, 2.45) is 11.3 Å². The van der Waals surface area contributed by atoms with Gasteiger partial charge < -0.3 is 14.7 Å². The van der Waals surface area contributed by atoms with Crippen molar-refractivity contribution in [2.45, 2.75) is 19.0 Å². The van der Waals surface area contributed by atoms with Gasteiger partial charge in [-0.3, -0.25) is 4.79 Å². The van der Waals surface area contributed by atoms with E-state index >= 15 is 0 Å². The van der Waals surface area contributed by atoms with Crippen molar-refractivity contribution in [2.75, 3.05) is 49.1 Å². The highest BCUT2D eigenvalue weighted by Gasteiger charge is 2.60. The van der Waals surface area contributed by atoms with Crippen LogP contribution in [-0.2, 0) is 4.79 Å². The molecular formula is C18H22F3N5O. The molecule has 0 bridgehead atoms. The van der Waals surface area contributed by atoms with E-state index in [4.69, 9.17) is 0 Å². The van der Waals surface area contributed by atoms with Crippen LogP contribution in [0.1, 0.15) is 12.8 Å². The van der Waals surface area contributed by atoms with Crippen LogP contribution in [0.15, 0.2) is 25.0 Å². The van der Waals surface area contributed by atoms with Crippen LogP contribution in [0.25, 0.3) is 0 Å². The van der Waals surface area contributed by atoms with Crippen LogP contribution in [0.2, 0.25) is 0 Å². The molecule has 3 fully saturated rings. The Morgan fingerprint density at radius 1 is 1.07 bits per heavy atom. The van der Waals surface area contributed by atoms with Crippen molar-refractivity contribution < 1.29 is 18.0 Å². The fourth-order valence-electron chi connectivity index (χ4n) is 4.43. The molecule has 1 aliphatic carbocycles. The standard InChI is InChI=1S/C18H22F3N5O/c1-2-14(27)24-5-7-25(8-6-24)15-16(23-4-3-22-15)26-11-17(12-26)9-13(10-17)18(19,20)21/h2-4,13H,1,5-12H2. The Labute approximate surface area is 155 Å². The summed E-state index contributed by atoms with van der Waals surface area (Å²) in [5, 5.41) is 0. The van der Waals surface area contributed by atoms with Gasteiger partial charge in [-0.25, -0.2) is 9.97 Å². The number of hydrogen-bond donors (Lipinski definition) is 0. The lowest BCUT2D eigenvalue weighted by molar-refractivity contribution is -0.225. The van der Waals surface area contributed by atoms with Crippen LogP contribution in [0.4, 0.5) is 24.8 Å². The SMILES string of the molecule is C=CC(=O)N1CCN(c2nccnc2N2CC3(CC(C(F)(F)F)C3)C2)CC1. The molecule has 0 aromatic carbocycles. The van der Waals surface area contributed by atoms with E-state index in [9.17, 15) is 18.0 Å². The van der Waals surface area contributed by atoms with Crippen LogP contribution in [0.3, 0.4) is 0 Å². The van der Waals surface area contributed by atoms with Gasteiger partial charge in [0.2, 0.25) is 5.91 Å². The van der Waals surface area contributed by atoms with Gasteiger partial charge in [-0.1, -0.05) is 6.58 Å². The number of hydrogen-bond acceptors (Lipinski definition) is 5. The van der Waals surface area contributed by atoms with Crippen molar-refractivity contribution in [3.63, 3.8) is 0 Å². The van der Waals surface area contributed by atoms with Crippen molar-refractivity contribution >= 4 is 17.5 Å². The minimum atomic E-state index is -4.08. The average molecular weight is 381 g/mol. The summed E-state index contributed by atoms with van der Waals surface area (Å²) in [4.78, 5) is 26.5. The zero-order valence-electron chi connectivity index (χ0n) is 15.0. The molecule has 9 heteroatoms. The lowest BCUT2D eigenvalue weighted by atomic mass is 9.57. The summed E-state index contributed by atoms with van der Waals surface area (Å²) in [6, 6.07) is 0. The summed E-state index contributed by atoms with van der Waals surface area (Å²) in [7, 11) is 0. The molecule has 1 amide bonds. The van der Waals surface area contributed by atoms with Gasteiger partial charge in [-0.2, -0.15) is 13.2 Å². The number of nitrogens with zero attached hydrogens (tertiary/aromatic N) is 5. The Bertz CT molecular complexity index is 731. The molecule has 1 aromatic heterocycles. The van der Waals surface area contributed by atoms with Gasteiger partial charge in [0.05, 0.1) is 5.92 Å². The minimum absolute atomic E-state index is 0.0806. The fourth-order valence-corrected chi connectivity index (χ4v) is 4.43. The molecule has 0 N–H and O–H groups in total. The normalized spacial score (nSPS) is 22.4. The molecule has 1 aromatic rings. The zero-order valence-corrected chi connectivity index (χ0v) is 15.0. The molecule has 2 aliphatic heterocycles. The van der Waals surface area contributed by atoms with Crippen LogP contribution < -0.4 is 9.80 Å². The van der Waals surface area contributed by atoms with E-state index in [0.29, 0.717) is 39.3 Å². The number of halogens is 3. The number of carbonyl (C=O) groups excluding carboxylic acids is 1. The summed E-state index contributed by atoms with van der Waals surface area (Å²) in [5.74, 6) is 0.228. The first kappa shape index (κ1) is 18.1. The Hall–Kier alpha value is -2.32. The first-order valence-electron chi connectivity index (χ1n) is 9.10. The summed E-state index contributed by atoms with van der Waals surface area (Å²) < 4.78 is 38.3. The molecule has 3 aliphatic rings. The summed E-state index contributed by atoms with van der Waals surface area (Å²) >= 11 is 0. The largest absolute Gasteiger partial charge is 0.391 e. The molecule has 27 heavy (non-hydrogen) atoms. The molecule has 3 heterocycles. The minimum Gasteiger partial charge on any atom is -0.352 e. The average Bonchev–Trinajstić information content (AvgIpc) is 2.58. The Balaban J connectivity index is 1.39. The summed E-state index contributed by atoms with van der Waals surface area (Å²) in [6.07, 6.45) is 0.900. The third kappa shape index (κ3) is 3.23. The second kappa shape index (κ2) is 6.38. The van der Waals surface area contributed by atoms with E-state index in [1.165, 1.54) is 6.08 Å². The van der Waals surface area contributed by atoms with Gasteiger partial charge in [0.25, 0.3) is 0 Å². The number of aromatic nitrogens is 2. The number of anilines is 2. The zero-order chi connectivity index (χ0) is 19.2. The molecule has 6 nitrogen and oxygen atoms in total. The van der Waals surface area contributed by atoms with E-state index < -0.39 is 12.1 Å². The van der Waals surface area contributed by atoms with E-state index in [1.807, 2.05) is 4.90 Å². The van der Waals surface area contributed by atoms with Crippen molar-refractivity contribution in [3.05, 3.63) is 25.0 Å². The summed E-state index contributed by atoms with van der Waals surface area (Å²) in [6.45, 7) is 7.15. The number of amides is 1. The molecule has 1 spiro atoms.